The largest absolute Gasteiger partial charge is 0.480 e. The zero-order valence-corrected chi connectivity index (χ0v) is 14.4. The first-order valence-electron chi connectivity index (χ1n) is 7.82. The van der Waals surface area contributed by atoms with Crippen molar-refractivity contribution in [3.63, 3.8) is 0 Å². The zero-order chi connectivity index (χ0) is 18.3. The number of carbonyl (C=O) groups is 3. The van der Waals surface area contributed by atoms with Crippen LogP contribution < -0.4 is 5.32 Å². The number of hydrogen-bond acceptors (Lipinski definition) is 7. The number of rotatable bonds is 8. The fourth-order valence-electron chi connectivity index (χ4n) is 2.29. The van der Waals surface area contributed by atoms with Gasteiger partial charge in [0.25, 0.3) is 0 Å². The molecule has 0 amide bonds. The normalized spacial score (nSPS) is 24.5. The van der Waals surface area contributed by atoms with Crippen LogP contribution in [0.25, 0.3) is 0 Å². The highest BCUT2D eigenvalue weighted by molar-refractivity contribution is 5.73. The number of ether oxygens (including phenoxy) is 3. The molecule has 2 N–H and O–H groups in total. The third kappa shape index (κ3) is 7.10. The van der Waals surface area contributed by atoms with Gasteiger partial charge in [-0.2, -0.15) is 0 Å². The van der Waals surface area contributed by atoms with Crippen LogP contribution in [0, 0.1) is 5.92 Å². The molecular formula is C16H25NO7. The molecule has 0 aliphatic carbocycles. The molecule has 0 aromatic rings. The lowest BCUT2D eigenvalue weighted by atomic mass is 10.0. The van der Waals surface area contributed by atoms with E-state index in [1.54, 1.807) is 12.2 Å². The lowest BCUT2D eigenvalue weighted by Gasteiger charge is -2.33. The van der Waals surface area contributed by atoms with Gasteiger partial charge < -0.3 is 19.3 Å². The second-order valence-electron chi connectivity index (χ2n) is 6.04. The molecule has 1 heterocycles. The minimum absolute atomic E-state index is 0.0995. The minimum atomic E-state index is -0.973. The lowest BCUT2D eigenvalue weighted by molar-refractivity contribution is -0.165. The van der Waals surface area contributed by atoms with Crippen LogP contribution in [0.5, 0.6) is 0 Å². The number of aliphatic carboxylic acids is 1. The van der Waals surface area contributed by atoms with E-state index in [2.05, 4.69) is 5.32 Å². The van der Waals surface area contributed by atoms with Crippen LogP contribution >= 0.6 is 0 Å². The third-order valence-electron chi connectivity index (χ3n) is 3.29. The number of carboxylic acid groups (broad SMARTS) is 1. The summed E-state index contributed by atoms with van der Waals surface area (Å²) >= 11 is 0. The molecule has 1 aliphatic rings. The van der Waals surface area contributed by atoms with Crippen molar-refractivity contribution in [3.05, 3.63) is 12.2 Å². The van der Waals surface area contributed by atoms with Crippen LogP contribution in [0.3, 0.4) is 0 Å². The van der Waals surface area contributed by atoms with Crippen molar-refractivity contribution < 1.29 is 33.7 Å². The quantitative estimate of drug-likeness (QED) is 0.493. The molecule has 0 aromatic carbocycles. The molecule has 4 atom stereocenters. The summed E-state index contributed by atoms with van der Waals surface area (Å²) in [6.07, 6.45) is 1.53. The van der Waals surface area contributed by atoms with Gasteiger partial charge in [0, 0.05) is 13.8 Å². The van der Waals surface area contributed by atoms with E-state index in [1.807, 2.05) is 13.8 Å². The Kier molecular flexibility index (Phi) is 7.87. The number of esters is 2. The molecule has 1 unspecified atom stereocenters. The number of carbonyl (C=O) groups excluding carboxylic acids is 2. The van der Waals surface area contributed by atoms with E-state index in [0.29, 0.717) is 6.42 Å². The third-order valence-corrected chi connectivity index (χ3v) is 3.29. The number of hydrogen-bond donors (Lipinski definition) is 2. The molecule has 24 heavy (non-hydrogen) atoms. The van der Waals surface area contributed by atoms with Crippen molar-refractivity contribution >= 4 is 17.9 Å². The smallest absolute Gasteiger partial charge is 0.320 e. The van der Waals surface area contributed by atoms with Crippen molar-refractivity contribution in [1.29, 1.82) is 0 Å². The zero-order valence-electron chi connectivity index (χ0n) is 14.4. The van der Waals surface area contributed by atoms with Crippen LogP contribution in [-0.4, -0.2) is 54.1 Å². The molecule has 1 rings (SSSR count). The van der Waals surface area contributed by atoms with Gasteiger partial charge >= 0.3 is 17.9 Å². The fraction of sp³-hybridized carbons (Fsp3) is 0.688. The van der Waals surface area contributed by atoms with E-state index in [9.17, 15) is 19.5 Å². The summed E-state index contributed by atoms with van der Waals surface area (Å²) in [6.45, 7) is 6.28. The maximum Gasteiger partial charge on any atom is 0.320 e. The van der Waals surface area contributed by atoms with Gasteiger partial charge in [-0.3, -0.25) is 19.7 Å². The van der Waals surface area contributed by atoms with Gasteiger partial charge in [-0.05, 0) is 24.5 Å². The summed E-state index contributed by atoms with van der Waals surface area (Å²) in [5.74, 6) is -1.76. The van der Waals surface area contributed by atoms with Crippen LogP contribution in [0.15, 0.2) is 12.2 Å². The molecule has 0 aromatic heterocycles. The maximum absolute atomic E-state index is 11.3. The molecule has 0 spiro atoms. The first-order chi connectivity index (χ1) is 11.2. The summed E-state index contributed by atoms with van der Waals surface area (Å²) in [6, 6.07) is -0.778. The van der Waals surface area contributed by atoms with E-state index < -0.39 is 42.4 Å². The molecule has 8 nitrogen and oxygen atoms in total. The Morgan fingerprint density at radius 1 is 1.21 bits per heavy atom. The molecule has 0 bridgehead atoms. The Bertz CT molecular complexity index is 489. The van der Waals surface area contributed by atoms with Crippen molar-refractivity contribution in [2.24, 2.45) is 5.92 Å². The fourth-order valence-corrected chi connectivity index (χ4v) is 2.29. The Morgan fingerprint density at radius 3 is 2.38 bits per heavy atom. The van der Waals surface area contributed by atoms with Crippen molar-refractivity contribution in [2.75, 3.05) is 6.61 Å². The number of nitrogens with one attached hydrogen (secondary N) is 1. The first kappa shape index (κ1) is 20.1. The van der Waals surface area contributed by atoms with Gasteiger partial charge in [-0.15, -0.1) is 0 Å². The summed E-state index contributed by atoms with van der Waals surface area (Å²) in [5.41, 5.74) is 0. The summed E-state index contributed by atoms with van der Waals surface area (Å²) < 4.78 is 15.7. The van der Waals surface area contributed by atoms with Gasteiger partial charge in [0.1, 0.15) is 31.1 Å². The van der Waals surface area contributed by atoms with Crippen molar-refractivity contribution in [3.8, 4) is 0 Å². The topological polar surface area (TPSA) is 111 Å². The van der Waals surface area contributed by atoms with E-state index >= 15 is 0 Å². The SMILES string of the molecule is CC(=O)OC[C@H]1OC(N[C@@H](CC(C)C)C(=O)O)C=C[C@@H]1OC(C)=O. The summed E-state index contributed by atoms with van der Waals surface area (Å²) in [4.78, 5) is 33.5. The van der Waals surface area contributed by atoms with Crippen LogP contribution in [-0.2, 0) is 28.6 Å². The van der Waals surface area contributed by atoms with Crippen molar-refractivity contribution in [1.82, 2.24) is 5.32 Å². The standard InChI is InChI=1S/C16H25NO7/c1-9(2)7-12(16(20)21)17-15-6-5-13(23-11(4)19)14(24-15)8-22-10(3)18/h5-6,9,12-15,17H,7-8H2,1-4H3,(H,20,21)/t12-,13-,14+,15?/m0/s1. The molecular weight excluding hydrogens is 318 g/mol. The predicted octanol–water partition coefficient (Wildman–Crippen LogP) is 0.851. The Hall–Kier alpha value is -1.93. The highest BCUT2D eigenvalue weighted by Crippen LogP contribution is 2.17. The lowest BCUT2D eigenvalue weighted by Crippen LogP contribution is -2.50. The minimum Gasteiger partial charge on any atom is -0.480 e. The Labute approximate surface area is 141 Å². The molecule has 8 heteroatoms. The molecule has 0 saturated heterocycles. The van der Waals surface area contributed by atoms with E-state index in [4.69, 9.17) is 14.2 Å². The number of carboxylic acids is 1. The predicted molar refractivity (Wildman–Crippen MR) is 84.0 cm³/mol. The van der Waals surface area contributed by atoms with Gasteiger partial charge in [-0.1, -0.05) is 13.8 Å². The maximum atomic E-state index is 11.3. The molecule has 0 radical (unpaired) electrons. The van der Waals surface area contributed by atoms with Gasteiger partial charge in [0.2, 0.25) is 0 Å². The van der Waals surface area contributed by atoms with E-state index in [1.165, 1.54) is 13.8 Å². The highest BCUT2D eigenvalue weighted by atomic mass is 16.6. The van der Waals surface area contributed by atoms with Crippen LogP contribution in [0.1, 0.15) is 34.1 Å². The highest BCUT2D eigenvalue weighted by Gasteiger charge is 2.32. The van der Waals surface area contributed by atoms with E-state index in [-0.39, 0.29) is 12.5 Å². The van der Waals surface area contributed by atoms with Crippen molar-refractivity contribution in [2.45, 2.75) is 58.6 Å². The monoisotopic (exact) mass is 343 g/mol. The average Bonchev–Trinajstić information content (AvgIpc) is 2.45. The van der Waals surface area contributed by atoms with Gasteiger partial charge in [0.15, 0.2) is 0 Å². The van der Waals surface area contributed by atoms with Crippen LogP contribution in [0.2, 0.25) is 0 Å². The van der Waals surface area contributed by atoms with Gasteiger partial charge in [-0.25, -0.2) is 0 Å². The second kappa shape index (κ2) is 9.39. The molecule has 136 valence electrons. The first-order valence-corrected chi connectivity index (χ1v) is 7.82. The Balaban J connectivity index is 2.77. The molecule has 0 fully saturated rings. The molecule has 1 aliphatic heterocycles. The van der Waals surface area contributed by atoms with E-state index in [0.717, 1.165) is 0 Å². The molecule has 0 saturated carbocycles. The summed E-state index contributed by atoms with van der Waals surface area (Å²) in [7, 11) is 0. The van der Waals surface area contributed by atoms with Crippen LogP contribution in [0.4, 0.5) is 0 Å². The average molecular weight is 343 g/mol. The second-order valence-corrected chi connectivity index (χ2v) is 6.04. The summed E-state index contributed by atoms with van der Waals surface area (Å²) in [5, 5.41) is 12.2. The Morgan fingerprint density at radius 2 is 1.88 bits per heavy atom. The van der Waals surface area contributed by atoms with Gasteiger partial charge in [0.05, 0.1) is 0 Å².